The fourth-order valence-corrected chi connectivity index (χ4v) is 3.97. The second-order valence-corrected chi connectivity index (χ2v) is 7.04. The maximum absolute atomic E-state index is 12.3. The molecule has 7 nitrogen and oxygen atoms in total. The van der Waals surface area contributed by atoms with Crippen molar-refractivity contribution in [1.82, 2.24) is 31.0 Å². The Morgan fingerprint density at radius 1 is 0.917 bits per heavy atom. The van der Waals surface area contributed by atoms with Gasteiger partial charge in [-0.1, -0.05) is 0 Å². The molecule has 2 aromatic heterocycles. The number of rotatable bonds is 2. The van der Waals surface area contributed by atoms with E-state index in [2.05, 4.69) is 44.9 Å². The van der Waals surface area contributed by atoms with Gasteiger partial charge in [0.05, 0.1) is 11.4 Å². The molecule has 24 heavy (non-hydrogen) atoms. The minimum atomic E-state index is -0.0728. The minimum Gasteiger partial charge on any atom is -0.335 e. The summed E-state index contributed by atoms with van der Waals surface area (Å²) in [6, 6.07) is 0.246. The lowest BCUT2D eigenvalue weighted by atomic mass is 9.91. The van der Waals surface area contributed by atoms with Gasteiger partial charge < -0.3 is 10.6 Å². The van der Waals surface area contributed by atoms with Crippen molar-refractivity contribution >= 4 is 6.03 Å². The Bertz CT molecular complexity index is 699. The fourth-order valence-electron chi connectivity index (χ4n) is 3.97. The Morgan fingerprint density at radius 2 is 1.38 bits per heavy atom. The van der Waals surface area contributed by atoms with Crippen molar-refractivity contribution in [2.45, 2.75) is 64.5 Å². The summed E-state index contributed by atoms with van der Waals surface area (Å²) in [5.41, 5.74) is 7.14. The van der Waals surface area contributed by atoms with E-state index in [0.29, 0.717) is 0 Å². The lowest BCUT2D eigenvalue weighted by Gasteiger charge is -2.26. The van der Waals surface area contributed by atoms with Gasteiger partial charge in [0.2, 0.25) is 0 Å². The maximum Gasteiger partial charge on any atom is 0.315 e. The number of carbonyl (C=O) groups excluding carboxylic acids is 1. The Hall–Kier alpha value is -2.31. The average molecular weight is 328 g/mol. The highest BCUT2D eigenvalue weighted by Crippen LogP contribution is 2.23. The van der Waals surface area contributed by atoms with Crippen LogP contribution in [0.1, 0.15) is 46.7 Å². The van der Waals surface area contributed by atoms with Crippen molar-refractivity contribution in [2.75, 3.05) is 0 Å². The molecule has 4 N–H and O–H groups in total. The van der Waals surface area contributed by atoms with Gasteiger partial charge in [-0.15, -0.1) is 0 Å². The molecule has 2 unspecified atom stereocenters. The second kappa shape index (κ2) is 5.96. The zero-order valence-corrected chi connectivity index (χ0v) is 14.2. The molecule has 0 radical (unpaired) electrons. The number of amides is 2. The molecule has 0 aromatic carbocycles. The van der Waals surface area contributed by atoms with E-state index in [9.17, 15) is 4.79 Å². The smallest absolute Gasteiger partial charge is 0.315 e. The normalized spacial score (nSPS) is 22.6. The highest BCUT2D eigenvalue weighted by molar-refractivity contribution is 5.74. The number of aromatic nitrogens is 4. The summed E-state index contributed by atoms with van der Waals surface area (Å²) in [5.74, 6) is 0. The van der Waals surface area contributed by atoms with Crippen LogP contribution < -0.4 is 10.6 Å². The van der Waals surface area contributed by atoms with Gasteiger partial charge in [0.15, 0.2) is 0 Å². The molecule has 0 fully saturated rings. The molecular weight excluding hydrogens is 304 g/mol. The average Bonchev–Trinajstić information content (AvgIpc) is 3.11. The minimum absolute atomic E-state index is 0.0728. The highest BCUT2D eigenvalue weighted by atomic mass is 16.2. The van der Waals surface area contributed by atoms with Crippen molar-refractivity contribution in [3.63, 3.8) is 0 Å². The lowest BCUT2D eigenvalue weighted by molar-refractivity contribution is 0.230. The number of hydrogen-bond donors (Lipinski definition) is 4. The van der Waals surface area contributed by atoms with E-state index in [0.717, 1.165) is 61.3 Å². The van der Waals surface area contributed by atoms with Crippen molar-refractivity contribution < 1.29 is 4.79 Å². The van der Waals surface area contributed by atoms with Gasteiger partial charge in [-0.3, -0.25) is 10.2 Å². The van der Waals surface area contributed by atoms with Crippen LogP contribution in [0.5, 0.6) is 0 Å². The molecule has 0 spiro atoms. The zero-order chi connectivity index (χ0) is 16.7. The van der Waals surface area contributed by atoms with Crippen LogP contribution in [-0.4, -0.2) is 38.5 Å². The third kappa shape index (κ3) is 2.79. The third-order valence-electron chi connectivity index (χ3n) is 5.35. The van der Waals surface area contributed by atoms with E-state index in [1.807, 2.05) is 0 Å². The van der Waals surface area contributed by atoms with Crippen LogP contribution in [0.15, 0.2) is 0 Å². The number of aryl methyl sites for hydroxylation is 2. The quantitative estimate of drug-likeness (QED) is 0.672. The fraction of sp³-hybridized carbons (Fsp3) is 0.588. The van der Waals surface area contributed by atoms with Gasteiger partial charge >= 0.3 is 6.03 Å². The largest absolute Gasteiger partial charge is 0.335 e. The summed E-state index contributed by atoms with van der Waals surface area (Å²) in [5, 5.41) is 21.0. The molecular formula is C17H24N6O. The number of fused-ring (bicyclic) bond motifs is 2. The number of hydrogen-bond acceptors (Lipinski definition) is 3. The van der Waals surface area contributed by atoms with Crippen molar-refractivity contribution in [1.29, 1.82) is 0 Å². The van der Waals surface area contributed by atoms with Crippen LogP contribution in [0.2, 0.25) is 0 Å². The van der Waals surface area contributed by atoms with Gasteiger partial charge in [0.25, 0.3) is 0 Å². The molecule has 0 bridgehead atoms. The first-order valence-electron chi connectivity index (χ1n) is 8.72. The Morgan fingerprint density at radius 3 is 1.83 bits per heavy atom. The van der Waals surface area contributed by atoms with Crippen LogP contribution in [0, 0.1) is 13.8 Å². The third-order valence-corrected chi connectivity index (χ3v) is 5.35. The van der Waals surface area contributed by atoms with Crippen LogP contribution in [0.25, 0.3) is 0 Å². The molecule has 4 rings (SSSR count). The molecule has 2 aromatic rings. The van der Waals surface area contributed by atoms with E-state index in [4.69, 9.17) is 0 Å². The van der Waals surface area contributed by atoms with Crippen LogP contribution in [0.4, 0.5) is 4.79 Å². The number of urea groups is 1. The predicted octanol–water partition coefficient (Wildman–Crippen LogP) is 1.46. The van der Waals surface area contributed by atoms with E-state index in [1.54, 1.807) is 0 Å². The van der Waals surface area contributed by atoms with Crippen molar-refractivity contribution in [2.24, 2.45) is 0 Å². The van der Waals surface area contributed by atoms with Gasteiger partial charge in [-0.25, -0.2) is 4.79 Å². The first kappa shape index (κ1) is 15.2. The van der Waals surface area contributed by atoms with E-state index < -0.39 is 0 Å². The topological polar surface area (TPSA) is 98.5 Å². The molecule has 2 atom stereocenters. The molecule has 2 amide bonds. The summed E-state index contributed by atoms with van der Waals surface area (Å²) in [4.78, 5) is 12.3. The van der Waals surface area contributed by atoms with E-state index in [1.165, 1.54) is 11.1 Å². The number of nitrogens with one attached hydrogen (secondary N) is 4. The summed E-state index contributed by atoms with van der Waals surface area (Å²) in [7, 11) is 0. The first-order chi connectivity index (χ1) is 11.6. The summed E-state index contributed by atoms with van der Waals surface area (Å²) in [6.45, 7) is 4.11. The predicted molar refractivity (Wildman–Crippen MR) is 89.9 cm³/mol. The Labute approximate surface area is 141 Å². The molecule has 128 valence electrons. The molecule has 0 saturated carbocycles. The van der Waals surface area contributed by atoms with Crippen LogP contribution in [0.3, 0.4) is 0 Å². The number of aromatic amines is 2. The summed E-state index contributed by atoms with van der Waals surface area (Å²) < 4.78 is 0. The lowest BCUT2D eigenvalue weighted by Crippen LogP contribution is -2.49. The zero-order valence-electron chi connectivity index (χ0n) is 14.2. The monoisotopic (exact) mass is 328 g/mol. The molecule has 7 heteroatoms. The number of H-pyrrole nitrogens is 2. The Kier molecular flexibility index (Phi) is 3.78. The SMILES string of the molecule is Cc1[nH]nc2c1CCC(NC(=O)NC1CCc3c(n[nH]c3C)C1)C2. The maximum atomic E-state index is 12.3. The van der Waals surface area contributed by atoms with Crippen LogP contribution in [-0.2, 0) is 25.7 Å². The van der Waals surface area contributed by atoms with E-state index in [-0.39, 0.29) is 18.1 Å². The molecule has 0 aliphatic heterocycles. The first-order valence-corrected chi connectivity index (χ1v) is 8.72. The number of nitrogens with zero attached hydrogens (tertiary/aromatic N) is 2. The van der Waals surface area contributed by atoms with E-state index >= 15 is 0 Å². The summed E-state index contributed by atoms with van der Waals surface area (Å²) >= 11 is 0. The molecule has 2 aliphatic carbocycles. The second-order valence-electron chi connectivity index (χ2n) is 7.04. The Balaban J connectivity index is 1.32. The standard InChI is InChI=1S/C17H24N6O/c1-9-13-5-3-11(7-15(13)22-20-9)18-17(24)19-12-4-6-14-10(2)21-23-16(14)8-12/h11-12H,3-8H2,1-2H3,(H,20,22)(H,21,23)(H2,18,19,24). The summed E-state index contributed by atoms with van der Waals surface area (Å²) in [6.07, 6.45) is 5.49. The molecule has 2 heterocycles. The van der Waals surface area contributed by atoms with Gasteiger partial charge in [0, 0.05) is 36.3 Å². The van der Waals surface area contributed by atoms with Crippen LogP contribution >= 0.6 is 0 Å². The van der Waals surface area contributed by atoms with Crippen molar-refractivity contribution in [3.05, 3.63) is 33.9 Å². The molecule has 0 saturated heterocycles. The van der Waals surface area contributed by atoms with Gasteiger partial charge in [0.1, 0.15) is 0 Å². The molecule has 2 aliphatic rings. The highest BCUT2D eigenvalue weighted by Gasteiger charge is 2.26. The van der Waals surface area contributed by atoms with Gasteiger partial charge in [-0.05, 0) is 50.7 Å². The number of carbonyl (C=O) groups is 1. The van der Waals surface area contributed by atoms with Gasteiger partial charge in [-0.2, -0.15) is 10.2 Å². The van der Waals surface area contributed by atoms with Crippen molar-refractivity contribution in [3.8, 4) is 0 Å².